The molecule has 2 aromatic rings. The standard InChI is InChI=1S/C23H32N2/c1-3-5-19-10-13-21(14-11-19)22-16-24-23(25-17-22)15-12-20-8-6-18(4-2)7-9-20/h6-9,16-17,19,21H,3-5,10-15H2,1-2H3. The molecule has 0 N–H and O–H groups in total. The molecule has 0 saturated heterocycles. The molecule has 0 radical (unpaired) electrons. The van der Waals surface area contributed by atoms with E-state index in [2.05, 4.69) is 60.5 Å². The van der Waals surface area contributed by atoms with Crippen LogP contribution < -0.4 is 0 Å². The maximum Gasteiger partial charge on any atom is 0.128 e. The molecule has 1 aliphatic rings. The van der Waals surface area contributed by atoms with Gasteiger partial charge in [-0.05, 0) is 67.1 Å². The first-order chi connectivity index (χ1) is 12.3. The Hall–Kier alpha value is -1.70. The normalized spacial score (nSPS) is 20.6. The van der Waals surface area contributed by atoms with E-state index in [0.29, 0.717) is 5.92 Å². The summed E-state index contributed by atoms with van der Waals surface area (Å²) in [4.78, 5) is 9.29. The summed E-state index contributed by atoms with van der Waals surface area (Å²) in [6, 6.07) is 8.94. The Kier molecular flexibility index (Phi) is 6.61. The van der Waals surface area contributed by atoms with Crippen LogP contribution in [0.1, 0.15) is 80.8 Å². The fourth-order valence-corrected chi connectivity index (χ4v) is 4.10. The van der Waals surface area contributed by atoms with Crippen molar-refractivity contribution in [1.29, 1.82) is 0 Å². The Morgan fingerprint density at radius 3 is 2.08 bits per heavy atom. The minimum atomic E-state index is 0.684. The molecule has 1 aromatic carbocycles. The highest BCUT2D eigenvalue weighted by molar-refractivity contribution is 5.23. The highest BCUT2D eigenvalue weighted by Gasteiger charge is 2.22. The number of aryl methyl sites for hydroxylation is 3. The highest BCUT2D eigenvalue weighted by atomic mass is 14.9. The third-order valence-electron chi connectivity index (χ3n) is 5.81. The van der Waals surface area contributed by atoms with Crippen molar-refractivity contribution in [2.75, 3.05) is 0 Å². The maximum atomic E-state index is 4.65. The van der Waals surface area contributed by atoms with Crippen LogP contribution in [0.15, 0.2) is 36.7 Å². The molecule has 0 unspecified atom stereocenters. The lowest BCUT2D eigenvalue weighted by Gasteiger charge is -2.28. The molecular formula is C23H32N2. The number of hydrogen-bond donors (Lipinski definition) is 0. The van der Waals surface area contributed by atoms with Crippen molar-refractivity contribution in [1.82, 2.24) is 9.97 Å². The summed E-state index contributed by atoms with van der Waals surface area (Å²) in [7, 11) is 0. The average Bonchev–Trinajstić information content (AvgIpc) is 2.68. The van der Waals surface area contributed by atoms with Gasteiger partial charge in [-0.2, -0.15) is 0 Å². The van der Waals surface area contributed by atoms with Crippen LogP contribution in [0, 0.1) is 5.92 Å². The lowest BCUT2D eigenvalue weighted by molar-refractivity contribution is 0.307. The van der Waals surface area contributed by atoms with Gasteiger partial charge in [0, 0.05) is 18.8 Å². The largest absolute Gasteiger partial charge is 0.241 e. The zero-order valence-corrected chi connectivity index (χ0v) is 15.9. The van der Waals surface area contributed by atoms with Gasteiger partial charge in [-0.3, -0.25) is 0 Å². The van der Waals surface area contributed by atoms with Gasteiger partial charge in [0.15, 0.2) is 0 Å². The van der Waals surface area contributed by atoms with E-state index in [0.717, 1.165) is 31.0 Å². The quantitative estimate of drug-likeness (QED) is 0.629. The molecule has 2 nitrogen and oxygen atoms in total. The number of hydrogen-bond acceptors (Lipinski definition) is 2. The van der Waals surface area contributed by atoms with Gasteiger partial charge < -0.3 is 0 Å². The lowest BCUT2D eigenvalue weighted by Crippen LogP contribution is -2.14. The van der Waals surface area contributed by atoms with Crippen molar-refractivity contribution in [2.24, 2.45) is 5.92 Å². The van der Waals surface area contributed by atoms with E-state index in [-0.39, 0.29) is 0 Å². The molecule has 1 saturated carbocycles. The van der Waals surface area contributed by atoms with Gasteiger partial charge in [0.1, 0.15) is 5.82 Å². The molecule has 0 amide bonds. The van der Waals surface area contributed by atoms with Crippen molar-refractivity contribution < 1.29 is 0 Å². The van der Waals surface area contributed by atoms with E-state index in [1.165, 1.54) is 55.2 Å². The summed E-state index contributed by atoms with van der Waals surface area (Å²) in [6.07, 6.45) is 15.4. The van der Waals surface area contributed by atoms with Crippen molar-refractivity contribution in [2.45, 2.75) is 77.6 Å². The number of rotatable bonds is 7. The van der Waals surface area contributed by atoms with Gasteiger partial charge >= 0.3 is 0 Å². The lowest BCUT2D eigenvalue weighted by atomic mass is 9.78. The zero-order chi connectivity index (χ0) is 17.5. The molecule has 0 atom stereocenters. The Bertz CT molecular complexity index is 622. The van der Waals surface area contributed by atoms with Crippen LogP contribution >= 0.6 is 0 Å². The first kappa shape index (κ1) is 18.1. The van der Waals surface area contributed by atoms with Crippen LogP contribution in [-0.4, -0.2) is 9.97 Å². The van der Waals surface area contributed by atoms with E-state index in [9.17, 15) is 0 Å². The monoisotopic (exact) mass is 336 g/mol. The van der Waals surface area contributed by atoms with Crippen LogP contribution in [0.2, 0.25) is 0 Å². The number of nitrogens with zero attached hydrogens (tertiary/aromatic N) is 2. The van der Waals surface area contributed by atoms with Crippen molar-refractivity contribution in [3.8, 4) is 0 Å². The SMILES string of the molecule is CCCC1CCC(c2cnc(CCc3ccc(CC)cc3)nc2)CC1. The summed E-state index contributed by atoms with van der Waals surface area (Å²) in [6.45, 7) is 4.50. The topological polar surface area (TPSA) is 25.8 Å². The Labute approximate surface area is 153 Å². The second kappa shape index (κ2) is 9.12. The minimum Gasteiger partial charge on any atom is -0.241 e. The number of benzene rings is 1. The van der Waals surface area contributed by atoms with E-state index in [4.69, 9.17) is 0 Å². The second-order valence-electron chi connectivity index (χ2n) is 7.61. The third kappa shape index (κ3) is 5.14. The van der Waals surface area contributed by atoms with Crippen LogP contribution in [0.3, 0.4) is 0 Å². The van der Waals surface area contributed by atoms with E-state index in [1.54, 1.807) is 0 Å². The summed E-state index contributed by atoms with van der Waals surface area (Å²) in [5.41, 5.74) is 4.13. The fourth-order valence-electron chi connectivity index (χ4n) is 4.10. The highest BCUT2D eigenvalue weighted by Crippen LogP contribution is 2.36. The third-order valence-corrected chi connectivity index (χ3v) is 5.81. The van der Waals surface area contributed by atoms with E-state index >= 15 is 0 Å². The molecule has 1 heterocycles. The molecule has 134 valence electrons. The average molecular weight is 337 g/mol. The summed E-state index contributed by atoms with van der Waals surface area (Å²) >= 11 is 0. The van der Waals surface area contributed by atoms with Gasteiger partial charge in [-0.25, -0.2) is 9.97 Å². The first-order valence-electron chi connectivity index (χ1n) is 10.2. The minimum absolute atomic E-state index is 0.684. The van der Waals surface area contributed by atoms with E-state index < -0.39 is 0 Å². The van der Waals surface area contributed by atoms with Crippen molar-refractivity contribution in [3.63, 3.8) is 0 Å². The van der Waals surface area contributed by atoms with Crippen molar-refractivity contribution >= 4 is 0 Å². The molecule has 1 aliphatic carbocycles. The summed E-state index contributed by atoms with van der Waals surface area (Å²) in [5, 5.41) is 0. The maximum absolute atomic E-state index is 4.65. The molecule has 0 bridgehead atoms. The molecule has 25 heavy (non-hydrogen) atoms. The first-order valence-corrected chi connectivity index (χ1v) is 10.2. The Morgan fingerprint density at radius 2 is 1.48 bits per heavy atom. The van der Waals surface area contributed by atoms with Gasteiger partial charge in [0.2, 0.25) is 0 Å². The molecule has 1 fully saturated rings. The van der Waals surface area contributed by atoms with Gasteiger partial charge in [0.05, 0.1) is 0 Å². The van der Waals surface area contributed by atoms with Gasteiger partial charge in [-0.15, -0.1) is 0 Å². The van der Waals surface area contributed by atoms with Crippen LogP contribution in [0.25, 0.3) is 0 Å². The molecule has 3 rings (SSSR count). The smallest absolute Gasteiger partial charge is 0.128 e. The second-order valence-corrected chi connectivity index (χ2v) is 7.61. The number of aromatic nitrogens is 2. The molecular weight excluding hydrogens is 304 g/mol. The van der Waals surface area contributed by atoms with Crippen molar-refractivity contribution in [3.05, 3.63) is 59.2 Å². The Balaban J connectivity index is 1.50. The van der Waals surface area contributed by atoms with Crippen LogP contribution in [0.4, 0.5) is 0 Å². The molecule has 2 heteroatoms. The summed E-state index contributed by atoms with van der Waals surface area (Å²) < 4.78 is 0. The molecule has 0 spiro atoms. The van der Waals surface area contributed by atoms with Gasteiger partial charge in [0.25, 0.3) is 0 Å². The predicted octanol–water partition coefficient (Wildman–Crippen LogP) is 5.90. The predicted molar refractivity (Wildman–Crippen MR) is 105 cm³/mol. The van der Waals surface area contributed by atoms with Gasteiger partial charge in [-0.1, -0.05) is 51.0 Å². The fraction of sp³-hybridized carbons (Fsp3) is 0.565. The zero-order valence-electron chi connectivity index (χ0n) is 15.9. The van der Waals surface area contributed by atoms with Crippen LogP contribution in [0.5, 0.6) is 0 Å². The summed E-state index contributed by atoms with van der Waals surface area (Å²) in [5.74, 6) is 2.62. The van der Waals surface area contributed by atoms with E-state index in [1.807, 2.05) is 0 Å². The van der Waals surface area contributed by atoms with Crippen LogP contribution in [-0.2, 0) is 19.3 Å². The Morgan fingerprint density at radius 1 is 0.840 bits per heavy atom. The molecule has 0 aliphatic heterocycles. The molecule has 1 aromatic heterocycles.